The molecule has 6 heteroatoms. The molecule has 5 rings (SSSR count). The molecule has 4 heterocycles. The van der Waals surface area contributed by atoms with Crippen molar-refractivity contribution in [3.8, 4) is 0 Å². The zero-order valence-corrected chi connectivity index (χ0v) is 16.8. The van der Waals surface area contributed by atoms with E-state index < -0.39 is 0 Å². The molecule has 2 aromatic heterocycles. The minimum atomic E-state index is -0.00764. The van der Waals surface area contributed by atoms with Gasteiger partial charge < -0.3 is 19.2 Å². The summed E-state index contributed by atoms with van der Waals surface area (Å²) in [5, 5.41) is 4.25. The Balaban J connectivity index is 1.28. The predicted molar refractivity (Wildman–Crippen MR) is 115 cm³/mol. The van der Waals surface area contributed by atoms with Crippen LogP contribution in [0, 0.1) is 0 Å². The summed E-state index contributed by atoms with van der Waals surface area (Å²) < 4.78 is 9.94. The van der Waals surface area contributed by atoms with Crippen LogP contribution in [-0.4, -0.2) is 52.8 Å². The van der Waals surface area contributed by atoms with Gasteiger partial charge in [-0.3, -0.25) is 9.69 Å². The lowest BCUT2D eigenvalue weighted by atomic mass is 10.1. The summed E-state index contributed by atoms with van der Waals surface area (Å²) in [6.45, 7) is 6.71. The van der Waals surface area contributed by atoms with Crippen molar-refractivity contribution in [3.63, 3.8) is 0 Å². The Bertz CT molecular complexity index is 1010. The quantitative estimate of drug-likeness (QED) is 0.724. The Morgan fingerprint density at radius 1 is 1.00 bits per heavy atom. The fourth-order valence-electron chi connectivity index (χ4n) is 4.52. The van der Waals surface area contributed by atoms with Crippen molar-refractivity contribution in [3.05, 3.63) is 54.0 Å². The van der Waals surface area contributed by atoms with Crippen molar-refractivity contribution in [2.24, 2.45) is 0 Å². The number of aryl methyl sites for hydroxylation is 1. The van der Waals surface area contributed by atoms with Crippen molar-refractivity contribution in [1.82, 2.24) is 14.0 Å². The first-order valence-electron chi connectivity index (χ1n) is 10.7. The summed E-state index contributed by atoms with van der Waals surface area (Å²) in [6, 6.07) is 10.3. The lowest BCUT2D eigenvalue weighted by Crippen LogP contribution is -2.38. The molecule has 0 unspecified atom stereocenters. The number of benzene rings is 1. The molecule has 1 saturated heterocycles. The maximum absolute atomic E-state index is 12.8. The number of rotatable bonds is 5. The van der Waals surface area contributed by atoms with Crippen LogP contribution in [0.3, 0.4) is 0 Å². The molecule has 1 N–H and O–H groups in total. The van der Waals surface area contributed by atoms with Crippen molar-refractivity contribution >= 4 is 22.5 Å². The monoisotopic (exact) mass is 392 g/mol. The van der Waals surface area contributed by atoms with Gasteiger partial charge in [-0.2, -0.15) is 0 Å². The van der Waals surface area contributed by atoms with E-state index in [1.165, 1.54) is 17.6 Å². The summed E-state index contributed by atoms with van der Waals surface area (Å²) in [6.07, 6.45) is 7.53. The van der Waals surface area contributed by atoms with E-state index in [1.54, 1.807) is 0 Å². The summed E-state index contributed by atoms with van der Waals surface area (Å²) in [5.74, 6) is -0.00764. The van der Waals surface area contributed by atoms with Gasteiger partial charge in [0.2, 0.25) is 0 Å². The van der Waals surface area contributed by atoms with Crippen molar-refractivity contribution < 1.29 is 9.53 Å². The molecule has 0 bridgehead atoms. The Hall–Kier alpha value is -2.57. The van der Waals surface area contributed by atoms with Gasteiger partial charge in [-0.1, -0.05) is 0 Å². The van der Waals surface area contributed by atoms with E-state index in [0.717, 1.165) is 75.4 Å². The van der Waals surface area contributed by atoms with Crippen LogP contribution in [0.1, 0.15) is 28.9 Å². The van der Waals surface area contributed by atoms with Crippen molar-refractivity contribution in [2.75, 3.05) is 38.2 Å². The van der Waals surface area contributed by atoms with Crippen LogP contribution in [0.25, 0.3) is 10.9 Å². The number of hydrogen-bond acceptors (Lipinski definition) is 3. The maximum atomic E-state index is 12.8. The average Bonchev–Trinajstić information content (AvgIpc) is 3.37. The van der Waals surface area contributed by atoms with Gasteiger partial charge in [0.05, 0.1) is 18.8 Å². The van der Waals surface area contributed by atoms with Crippen LogP contribution < -0.4 is 5.32 Å². The summed E-state index contributed by atoms with van der Waals surface area (Å²) in [7, 11) is 0. The van der Waals surface area contributed by atoms with Gasteiger partial charge in [0.25, 0.3) is 5.91 Å². The van der Waals surface area contributed by atoms with Crippen LogP contribution in [0.2, 0.25) is 0 Å². The number of anilines is 1. The molecule has 2 aliphatic heterocycles. The van der Waals surface area contributed by atoms with Crippen LogP contribution in [0.5, 0.6) is 0 Å². The van der Waals surface area contributed by atoms with E-state index in [1.807, 2.05) is 18.3 Å². The standard InChI is InChI=1S/C23H28N4O2/c28-23(20-7-10-26-8-2-1-3-22(20)26)24-19-4-5-21-18(17-19)6-9-27(21)12-11-25-13-15-29-16-14-25/h4-7,9-10,17H,1-3,8,11-16H2,(H,24,28). The third-order valence-electron chi connectivity index (χ3n) is 6.18. The second-order valence-corrected chi connectivity index (χ2v) is 8.02. The smallest absolute Gasteiger partial charge is 0.257 e. The van der Waals surface area contributed by atoms with Crippen LogP contribution in [0.15, 0.2) is 42.7 Å². The number of fused-ring (bicyclic) bond motifs is 2. The SMILES string of the molecule is O=C(Nc1ccc2c(ccn2CCN2CCOCC2)c1)c1ccn2c1CCCC2. The van der Waals surface area contributed by atoms with Gasteiger partial charge >= 0.3 is 0 Å². The fourth-order valence-corrected chi connectivity index (χ4v) is 4.52. The molecule has 1 fully saturated rings. The molecule has 1 aromatic carbocycles. The van der Waals surface area contributed by atoms with Gasteiger partial charge in [0.15, 0.2) is 0 Å². The lowest BCUT2D eigenvalue weighted by Gasteiger charge is -2.26. The predicted octanol–water partition coefficient (Wildman–Crippen LogP) is 3.36. The topological polar surface area (TPSA) is 51.4 Å². The summed E-state index contributed by atoms with van der Waals surface area (Å²) >= 11 is 0. The molecule has 3 aromatic rings. The first kappa shape index (κ1) is 18.5. The molecular weight excluding hydrogens is 364 g/mol. The Morgan fingerprint density at radius 2 is 1.90 bits per heavy atom. The summed E-state index contributed by atoms with van der Waals surface area (Å²) in [5.41, 5.74) is 4.04. The van der Waals surface area contributed by atoms with Crippen LogP contribution in [0.4, 0.5) is 5.69 Å². The lowest BCUT2D eigenvalue weighted by molar-refractivity contribution is 0.0365. The van der Waals surface area contributed by atoms with E-state index >= 15 is 0 Å². The molecule has 0 radical (unpaired) electrons. The Labute approximate surface area is 171 Å². The maximum Gasteiger partial charge on any atom is 0.257 e. The summed E-state index contributed by atoms with van der Waals surface area (Å²) in [4.78, 5) is 15.3. The zero-order valence-electron chi connectivity index (χ0n) is 16.8. The third kappa shape index (κ3) is 3.82. The van der Waals surface area contributed by atoms with Crippen LogP contribution in [-0.2, 0) is 24.2 Å². The van der Waals surface area contributed by atoms with Crippen molar-refractivity contribution in [2.45, 2.75) is 32.4 Å². The highest BCUT2D eigenvalue weighted by molar-refractivity contribution is 6.06. The van der Waals surface area contributed by atoms with E-state index in [9.17, 15) is 4.79 Å². The fraction of sp³-hybridized carbons (Fsp3) is 0.435. The minimum absolute atomic E-state index is 0.00764. The third-order valence-corrected chi connectivity index (χ3v) is 6.18. The Morgan fingerprint density at radius 3 is 2.79 bits per heavy atom. The second-order valence-electron chi connectivity index (χ2n) is 8.02. The average molecular weight is 393 g/mol. The number of amides is 1. The van der Waals surface area contributed by atoms with Gasteiger partial charge in [-0.15, -0.1) is 0 Å². The molecule has 6 nitrogen and oxygen atoms in total. The number of carbonyl (C=O) groups excluding carboxylic acids is 1. The first-order valence-corrected chi connectivity index (χ1v) is 10.7. The number of hydrogen-bond donors (Lipinski definition) is 1. The minimum Gasteiger partial charge on any atom is -0.379 e. The van der Waals surface area contributed by atoms with E-state index in [2.05, 4.69) is 43.7 Å². The number of carbonyl (C=O) groups is 1. The molecule has 2 aliphatic rings. The molecule has 0 atom stereocenters. The highest BCUT2D eigenvalue weighted by Gasteiger charge is 2.18. The van der Waals surface area contributed by atoms with E-state index in [4.69, 9.17) is 4.74 Å². The number of nitrogens with zero attached hydrogens (tertiary/aromatic N) is 3. The van der Waals surface area contributed by atoms with Crippen LogP contribution >= 0.6 is 0 Å². The molecule has 152 valence electrons. The number of aromatic nitrogens is 2. The second kappa shape index (κ2) is 8.05. The molecule has 0 aliphatic carbocycles. The molecule has 0 saturated carbocycles. The first-order chi connectivity index (χ1) is 14.3. The normalized spacial score (nSPS) is 17.4. The Kier molecular flexibility index (Phi) is 5.12. The van der Waals surface area contributed by atoms with Gasteiger partial charge in [0.1, 0.15) is 0 Å². The van der Waals surface area contributed by atoms with E-state index in [0.29, 0.717) is 0 Å². The number of nitrogens with one attached hydrogen (secondary N) is 1. The largest absolute Gasteiger partial charge is 0.379 e. The number of morpholine rings is 1. The van der Waals surface area contributed by atoms with Crippen molar-refractivity contribution in [1.29, 1.82) is 0 Å². The molecule has 1 amide bonds. The highest BCUT2D eigenvalue weighted by atomic mass is 16.5. The molecular formula is C23H28N4O2. The van der Waals surface area contributed by atoms with Gasteiger partial charge in [-0.05, 0) is 49.6 Å². The van der Waals surface area contributed by atoms with Gasteiger partial charge in [0, 0.05) is 67.4 Å². The zero-order chi connectivity index (χ0) is 19.6. The molecule has 0 spiro atoms. The van der Waals surface area contributed by atoms with E-state index in [-0.39, 0.29) is 5.91 Å². The highest BCUT2D eigenvalue weighted by Crippen LogP contribution is 2.24. The number of ether oxygens (including phenoxy) is 1. The molecule has 29 heavy (non-hydrogen) atoms. The van der Waals surface area contributed by atoms with Gasteiger partial charge in [-0.25, -0.2) is 0 Å².